The molecule has 1 amide bonds. The van der Waals surface area contributed by atoms with E-state index >= 15 is 0 Å². The Labute approximate surface area is 107 Å². The summed E-state index contributed by atoms with van der Waals surface area (Å²) in [6.07, 6.45) is 0. The molecular weight excluding hydrogens is 289 g/mol. The summed E-state index contributed by atoms with van der Waals surface area (Å²) in [7, 11) is 0. The first-order chi connectivity index (χ1) is 8.10. The van der Waals surface area contributed by atoms with Gasteiger partial charge in [-0.05, 0) is 35.0 Å². The molecule has 0 radical (unpaired) electrons. The number of hydrogen-bond donors (Lipinski definition) is 2. The van der Waals surface area contributed by atoms with Crippen LogP contribution in [0.1, 0.15) is 12.5 Å². The zero-order chi connectivity index (χ0) is 12.8. The number of anilines is 1. The number of likely N-dealkylation sites (N-methyl/N-ethyl adjacent to an activating group) is 1. The maximum Gasteiger partial charge on any atom is 0.239 e. The summed E-state index contributed by atoms with van der Waals surface area (Å²) in [6, 6.07) is 4.76. The van der Waals surface area contributed by atoms with E-state index in [2.05, 4.69) is 26.6 Å². The van der Waals surface area contributed by atoms with Crippen LogP contribution in [-0.2, 0) is 4.79 Å². The average Bonchev–Trinajstić information content (AvgIpc) is 2.31. The molecule has 0 saturated carbocycles. The molecule has 0 fully saturated rings. The lowest BCUT2D eigenvalue weighted by Crippen LogP contribution is -2.29. The Morgan fingerprint density at radius 2 is 2.29 bits per heavy atom. The average molecular weight is 300 g/mol. The van der Waals surface area contributed by atoms with Crippen LogP contribution in [0, 0.1) is 17.1 Å². The van der Waals surface area contributed by atoms with Crippen molar-refractivity contribution in [2.45, 2.75) is 6.92 Å². The van der Waals surface area contributed by atoms with Crippen LogP contribution in [0.5, 0.6) is 0 Å². The number of carbonyl (C=O) groups excluding carboxylic acids is 1. The molecule has 1 aromatic carbocycles. The lowest BCUT2D eigenvalue weighted by molar-refractivity contribution is -0.119. The largest absolute Gasteiger partial charge is 0.374 e. The number of benzene rings is 1. The molecule has 0 unspecified atom stereocenters. The molecule has 0 aliphatic rings. The fourth-order valence-corrected chi connectivity index (χ4v) is 1.64. The predicted molar refractivity (Wildman–Crippen MR) is 66.0 cm³/mol. The van der Waals surface area contributed by atoms with Crippen molar-refractivity contribution < 1.29 is 9.18 Å². The molecule has 0 heterocycles. The van der Waals surface area contributed by atoms with Gasteiger partial charge in [0.05, 0.1) is 22.3 Å². The van der Waals surface area contributed by atoms with E-state index in [0.717, 1.165) is 0 Å². The Balaban J connectivity index is 2.77. The first-order valence-corrected chi connectivity index (χ1v) is 5.78. The van der Waals surface area contributed by atoms with Crippen LogP contribution in [0.15, 0.2) is 16.6 Å². The Bertz CT molecular complexity index is 471. The second-order valence-corrected chi connectivity index (χ2v) is 4.00. The summed E-state index contributed by atoms with van der Waals surface area (Å²) in [6.45, 7) is 2.32. The smallest absolute Gasteiger partial charge is 0.239 e. The van der Waals surface area contributed by atoms with E-state index in [1.807, 2.05) is 6.07 Å². The van der Waals surface area contributed by atoms with Gasteiger partial charge in [0.1, 0.15) is 6.07 Å². The SMILES string of the molecule is CCNC(=O)CNc1ccc(C#N)c(Br)c1F. The molecule has 0 aromatic heterocycles. The molecule has 0 spiro atoms. The third-order valence-corrected chi connectivity index (χ3v) is 2.79. The lowest BCUT2D eigenvalue weighted by atomic mass is 10.2. The highest BCUT2D eigenvalue weighted by molar-refractivity contribution is 9.10. The van der Waals surface area contributed by atoms with Crippen LogP contribution in [-0.4, -0.2) is 19.0 Å². The first-order valence-electron chi connectivity index (χ1n) is 4.98. The summed E-state index contributed by atoms with van der Waals surface area (Å²) < 4.78 is 13.8. The molecule has 0 saturated heterocycles. The summed E-state index contributed by atoms with van der Waals surface area (Å²) in [5.74, 6) is -0.791. The summed E-state index contributed by atoms with van der Waals surface area (Å²) >= 11 is 2.99. The van der Waals surface area contributed by atoms with Crippen molar-refractivity contribution >= 4 is 27.5 Å². The van der Waals surface area contributed by atoms with Gasteiger partial charge < -0.3 is 10.6 Å². The molecule has 0 aliphatic heterocycles. The molecule has 6 heteroatoms. The van der Waals surface area contributed by atoms with Crippen LogP contribution in [0.2, 0.25) is 0 Å². The number of nitrogens with zero attached hydrogens (tertiary/aromatic N) is 1. The quantitative estimate of drug-likeness (QED) is 0.894. The fraction of sp³-hybridized carbons (Fsp3) is 0.273. The number of nitrogens with one attached hydrogen (secondary N) is 2. The number of rotatable bonds is 4. The number of hydrogen-bond acceptors (Lipinski definition) is 3. The van der Waals surface area contributed by atoms with Gasteiger partial charge in [0.15, 0.2) is 5.82 Å². The maximum absolute atomic E-state index is 13.7. The highest BCUT2D eigenvalue weighted by Crippen LogP contribution is 2.26. The first kappa shape index (κ1) is 13.5. The summed E-state index contributed by atoms with van der Waals surface area (Å²) in [5.41, 5.74) is 0.396. The van der Waals surface area contributed by atoms with E-state index in [0.29, 0.717) is 6.54 Å². The van der Waals surface area contributed by atoms with Crippen LogP contribution in [0.4, 0.5) is 10.1 Å². The second kappa shape index (κ2) is 6.21. The molecule has 4 nitrogen and oxygen atoms in total. The minimum Gasteiger partial charge on any atom is -0.374 e. The van der Waals surface area contributed by atoms with Crippen LogP contribution in [0.25, 0.3) is 0 Å². The molecule has 1 rings (SSSR count). The molecule has 90 valence electrons. The highest BCUT2D eigenvalue weighted by Gasteiger charge is 2.11. The Morgan fingerprint density at radius 3 is 2.88 bits per heavy atom. The lowest BCUT2D eigenvalue weighted by Gasteiger charge is -2.09. The van der Waals surface area contributed by atoms with Crippen LogP contribution < -0.4 is 10.6 Å². The molecule has 17 heavy (non-hydrogen) atoms. The van der Waals surface area contributed by atoms with Crippen molar-refractivity contribution in [2.24, 2.45) is 0 Å². The van der Waals surface area contributed by atoms with E-state index in [-0.39, 0.29) is 28.2 Å². The Hall–Kier alpha value is -1.61. The van der Waals surface area contributed by atoms with Gasteiger partial charge in [0.25, 0.3) is 0 Å². The van der Waals surface area contributed by atoms with Crippen molar-refractivity contribution in [1.29, 1.82) is 5.26 Å². The molecule has 0 bridgehead atoms. The fourth-order valence-electron chi connectivity index (χ4n) is 1.21. The summed E-state index contributed by atoms with van der Waals surface area (Å²) in [4.78, 5) is 11.2. The van der Waals surface area contributed by atoms with E-state index < -0.39 is 5.82 Å². The van der Waals surface area contributed by atoms with Crippen molar-refractivity contribution in [3.63, 3.8) is 0 Å². The van der Waals surface area contributed by atoms with Crippen molar-refractivity contribution in [2.75, 3.05) is 18.4 Å². The molecule has 0 atom stereocenters. The van der Waals surface area contributed by atoms with Gasteiger partial charge in [-0.2, -0.15) is 5.26 Å². The topological polar surface area (TPSA) is 64.9 Å². The van der Waals surface area contributed by atoms with Crippen LogP contribution in [0.3, 0.4) is 0 Å². The summed E-state index contributed by atoms with van der Waals surface area (Å²) in [5, 5.41) is 13.9. The van der Waals surface area contributed by atoms with Crippen LogP contribution >= 0.6 is 15.9 Å². The monoisotopic (exact) mass is 299 g/mol. The zero-order valence-electron chi connectivity index (χ0n) is 9.18. The number of halogens is 2. The Kier molecular flexibility index (Phi) is 4.91. The third kappa shape index (κ3) is 3.43. The van der Waals surface area contributed by atoms with Crippen molar-refractivity contribution in [3.05, 3.63) is 28.0 Å². The molecule has 1 aromatic rings. The van der Waals surface area contributed by atoms with Gasteiger partial charge in [-0.25, -0.2) is 4.39 Å². The number of carbonyl (C=O) groups is 1. The van der Waals surface area contributed by atoms with Gasteiger partial charge in [0.2, 0.25) is 5.91 Å². The van der Waals surface area contributed by atoms with Gasteiger partial charge in [-0.15, -0.1) is 0 Å². The van der Waals surface area contributed by atoms with Gasteiger partial charge in [0, 0.05) is 6.54 Å². The second-order valence-electron chi connectivity index (χ2n) is 3.21. The number of nitriles is 1. The van der Waals surface area contributed by atoms with Gasteiger partial charge in [-0.1, -0.05) is 0 Å². The normalized spacial score (nSPS) is 9.53. The predicted octanol–water partition coefficient (Wildman–Crippen LogP) is 2.01. The van der Waals surface area contributed by atoms with E-state index in [9.17, 15) is 9.18 Å². The minimum atomic E-state index is -0.576. The van der Waals surface area contributed by atoms with E-state index in [1.165, 1.54) is 12.1 Å². The van der Waals surface area contributed by atoms with E-state index in [4.69, 9.17) is 5.26 Å². The van der Waals surface area contributed by atoms with Crippen molar-refractivity contribution in [3.8, 4) is 6.07 Å². The molecule has 0 aliphatic carbocycles. The third-order valence-electron chi connectivity index (χ3n) is 2.02. The molecule has 2 N–H and O–H groups in total. The zero-order valence-corrected chi connectivity index (χ0v) is 10.8. The minimum absolute atomic E-state index is 0.0108. The molecular formula is C11H11BrFN3O. The van der Waals surface area contributed by atoms with E-state index in [1.54, 1.807) is 6.92 Å². The van der Waals surface area contributed by atoms with Gasteiger partial charge >= 0.3 is 0 Å². The maximum atomic E-state index is 13.7. The Morgan fingerprint density at radius 1 is 1.59 bits per heavy atom. The highest BCUT2D eigenvalue weighted by atomic mass is 79.9. The number of amides is 1. The standard InChI is InChI=1S/C11H11BrFN3O/c1-2-15-9(17)6-16-8-4-3-7(5-14)10(12)11(8)13/h3-4,16H,2,6H2,1H3,(H,15,17). The van der Waals surface area contributed by atoms with Gasteiger partial charge in [-0.3, -0.25) is 4.79 Å². The van der Waals surface area contributed by atoms with Crippen molar-refractivity contribution in [1.82, 2.24) is 5.32 Å².